The first-order chi connectivity index (χ1) is 9.81. The van der Waals surface area contributed by atoms with E-state index in [9.17, 15) is 13.2 Å². The van der Waals surface area contributed by atoms with Crippen LogP contribution < -0.4 is 4.72 Å². The molecule has 21 heavy (non-hydrogen) atoms. The van der Waals surface area contributed by atoms with Gasteiger partial charge in [-0.15, -0.1) is 0 Å². The standard InChI is InChI=1S/C12H15N3O5S/c1-7(2)6-9(12(16)17)15-21(18,19)10-5-3-4-8-11(10)14-20-13-8/h3-5,7,9,15H,6H2,1-2H3,(H,16,17)/t9-/m1/s1. The number of aliphatic carboxylic acids is 1. The smallest absolute Gasteiger partial charge is 0.321 e. The van der Waals surface area contributed by atoms with Crippen LogP contribution >= 0.6 is 0 Å². The van der Waals surface area contributed by atoms with E-state index in [0.29, 0.717) is 0 Å². The zero-order valence-electron chi connectivity index (χ0n) is 11.5. The number of aromatic nitrogens is 2. The van der Waals surface area contributed by atoms with Gasteiger partial charge in [-0.05, 0) is 34.8 Å². The van der Waals surface area contributed by atoms with E-state index >= 15 is 0 Å². The Hall–Kier alpha value is -2.00. The molecule has 0 spiro atoms. The van der Waals surface area contributed by atoms with Crippen LogP contribution in [0.2, 0.25) is 0 Å². The highest BCUT2D eigenvalue weighted by molar-refractivity contribution is 7.89. The van der Waals surface area contributed by atoms with Crippen molar-refractivity contribution in [2.75, 3.05) is 0 Å². The zero-order chi connectivity index (χ0) is 15.6. The second kappa shape index (κ2) is 5.78. The molecule has 0 saturated heterocycles. The van der Waals surface area contributed by atoms with Gasteiger partial charge >= 0.3 is 5.97 Å². The van der Waals surface area contributed by atoms with Gasteiger partial charge in [0.1, 0.15) is 16.5 Å². The molecule has 0 aliphatic heterocycles. The summed E-state index contributed by atoms with van der Waals surface area (Å²) in [6, 6.07) is 3.15. The fourth-order valence-electron chi connectivity index (χ4n) is 1.92. The number of hydrogen-bond donors (Lipinski definition) is 2. The van der Waals surface area contributed by atoms with E-state index in [0.717, 1.165) is 0 Å². The quantitative estimate of drug-likeness (QED) is 0.815. The Morgan fingerprint density at radius 2 is 2.10 bits per heavy atom. The Bertz CT molecular complexity index is 753. The summed E-state index contributed by atoms with van der Waals surface area (Å²) < 4.78 is 31.4. The van der Waals surface area contributed by atoms with Crippen LogP contribution in [-0.2, 0) is 14.8 Å². The lowest BCUT2D eigenvalue weighted by atomic mass is 10.1. The third kappa shape index (κ3) is 3.37. The topological polar surface area (TPSA) is 122 Å². The van der Waals surface area contributed by atoms with E-state index in [1.165, 1.54) is 12.1 Å². The average Bonchev–Trinajstić information content (AvgIpc) is 2.84. The van der Waals surface area contributed by atoms with E-state index in [4.69, 9.17) is 5.11 Å². The SMILES string of the molecule is CC(C)C[C@@H](NS(=O)(=O)c1cccc2nonc12)C(=O)O. The van der Waals surface area contributed by atoms with E-state index in [1.807, 2.05) is 13.8 Å². The monoisotopic (exact) mass is 313 g/mol. The largest absolute Gasteiger partial charge is 0.480 e. The van der Waals surface area contributed by atoms with Crippen molar-refractivity contribution in [1.29, 1.82) is 0 Å². The lowest BCUT2D eigenvalue weighted by molar-refractivity contribution is -0.139. The fourth-order valence-corrected chi connectivity index (χ4v) is 3.27. The minimum atomic E-state index is -4.04. The van der Waals surface area contributed by atoms with Crippen LogP contribution in [0.3, 0.4) is 0 Å². The number of carbonyl (C=O) groups is 1. The maximum absolute atomic E-state index is 12.4. The van der Waals surface area contributed by atoms with E-state index in [2.05, 4.69) is 19.7 Å². The number of benzene rings is 1. The van der Waals surface area contributed by atoms with Gasteiger partial charge in [0.2, 0.25) is 10.0 Å². The van der Waals surface area contributed by atoms with Gasteiger partial charge in [-0.2, -0.15) is 4.72 Å². The van der Waals surface area contributed by atoms with E-state index in [-0.39, 0.29) is 28.3 Å². The van der Waals surface area contributed by atoms with Crippen molar-refractivity contribution in [3.8, 4) is 0 Å². The summed E-state index contributed by atoms with van der Waals surface area (Å²) in [5.74, 6) is -1.20. The van der Waals surface area contributed by atoms with Crippen LogP contribution in [-0.4, -0.2) is 35.8 Å². The number of hydrogen-bond acceptors (Lipinski definition) is 6. The van der Waals surface area contributed by atoms with Gasteiger partial charge in [-0.25, -0.2) is 13.0 Å². The Balaban J connectivity index is 2.37. The number of sulfonamides is 1. The highest BCUT2D eigenvalue weighted by atomic mass is 32.2. The van der Waals surface area contributed by atoms with Gasteiger partial charge in [0.05, 0.1) is 0 Å². The summed E-state index contributed by atoms with van der Waals surface area (Å²) in [5.41, 5.74) is 0.354. The molecular formula is C12H15N3O5S. The molecule has 2 aromatic rings. The molecule has 2 N–H and O–H groups in total. The lowest BCUT2D eigenvalue weighted by Crippen LogP contribution is -2.41. The molecule has 0 aliphatic rings. The normalized spacial score (nSPS) is 13.7. The first-order valence-corrected chi connectivity index (χ1v) is 7.76. The van der Waals surface area contributed by atoms with Crippen LogP contribution in [0.25, 0.3) is 11.0 Å². The van der Waals surface area contributed by atoms with Gasteiger partial charge in [0, 0.05) is 0 Å². The van der Waals surface area contributed by atoms with Crippen LogP contribution in [0.15, 0.2) is 27.7 Å². The first kappa shape index (κ1) is 15.4. The van der Waals surface area contributed by atoms with Crippen molar-refractivity contribution < 1.29 is 22.9 Å². The second-order valence-corrected chi connectivity index (χ2v) is 6.71. The molecule has 0 aliphatic carbocycles. The maximum Gasteiger partial charge on any atom is 0.321 e. The van der Waals surface area contributed by atoms with Crippen molar-refractivity contribution in [2.45, 2.75) is 31.2 Å². The van der Waals surface area contributed by atoms with Gasteiger partial charge < -0.3 is 5.11 Å². The molecule has 1 heterocycles. The predicted octanol–water partition coefficient (Wildman–Crippen LogP) is 1.00. The Labute approximate surface area is 121 Å². The van der Waals surface area contributed by atoms with E-state index in [1.54, 1.807) is 6.07 Å². The van der Waals surface area contributed by atoms with Crippen LogP contribution in [0.4, 0.5) is 0 Å². The molecule has 0 amide bonds. The first-order valence-electron chi connectivity index (χ1n) is 6.27. The summed E-state index contributed by atoms with van der Waals surface area (Å²) >= 11 is 0. The molecule has 114 valence electrons. The number of carboxylic acids is 1. The highest BCUT2D eigenvalue weighted by Crippen LogP contribution is 2.20. The molecule has 1 aromatic heterocycles. The van der Waals surface area contributed by atoms with Gasteiger partial charge in [0.25, 0.3) is 0 Å². The van der Waals surface area contributed by atoms with Crippen molar-refractivity contribution >= 4 is 27.0 Å². The molecule has 1 atom stereocenters. The molecule has 0 radical (unpaired) electrons. The molecule has 0 saturated carbocycles. The molecule has 1 aromatic carbocycles. The van der Waals surface area contributed by atoms with Crippen molar-refractivity contribution in [2.24, 2.45) is 5.92 Å². The Morgan fingerprint density at radius 1 is 1.38 bits per heavy atom. The summed E-state index contributed by atoms with van der Waals surface area (Å²) in [7, 11) is -4.04. The summed E-state index contributed by atoms with van der Waals surface area (Å²) in [5, 5.41) is 16.2. The van der Waals surface area contributed by atoms with Gasteiger partial charge in [0.15, 0.2) is 5.52 Å². The predicted molar refractivity (Wildman–Crippen MR) is 73.0 cm³/mol. The minimum absolute atomic E-state index is 0.0262. The number of nitrogens with one attached hydrogen (secondary N) is 1. The van der Waals surface area contributed by atoms with Gasteiger partial charge in [-0.1, -0.05) is 19.9 Å². The average molecular weight is 313 g/mol. The van der Waals surface area contributed by atoms with Crippen molar-refractivity contribution in [1.82, 2.24) is 15.0 Å². The molecule has 0 bridgehead atoms. The molecule has 8 nitrogen and oxygen atoms in total. The number of rotatable bonds is 6. The summed E-state index contributed by atoms with van der Waals surface area (Å²) in [4.78, 5) is 11.0. The molecular weight excluding hydrogens is 298 g/mol. The van der Waals surface area contributed by atoms with E-state index < -0.39 is 22.0 Å². The number of fused-ring (bicyclic) bond motifs is 1. The molecule has 2 rings (SSSR count). The van der Waals surface area contributed by atoms with Crippen molar-refractivity contribution in [3.05, 3.63) is 18.2 Å². The molecule has 9 heteroatoms. The van der Waals surface area contributed by atoms with Crippen LogP contribution in [0.5, 0.6) is 0 Å². The molecule has 0 unspecified atom stereocenters. The fraction of sp³-hybridized carbons (Fsp3) is 0.417. The lowest BCUT2D eigenvalue weighted by Gasteiger charge is -2.16. The highest BCUT2D eigenvalue weighted by Gasteiger charge is 2.28. The number of carboxylic acid groups (broad SMARTS) is 1. The Kier molecular flexibility index (Phi) is 4.24. The maximum atomic E-state index is 12.4. The second-order valence-electron chi connectivity index (χ2n) is 5.03. The zero-order valence-corrected chi connectivity index (χ0v) is 12.3. The Morgan fingerprint density at radius 3 is 2.71 bits per heavy atom. The van der Waals surface area contributed by atoms with Crippen LogP contribution in [0.1, 0.15) is 20.3 Å². The minimum Gasteiger partial charge on any atom is -0.480 e. The number of nitrogens with zero attached hydrogens (tertiary/aromatic N) is 2. The third-order valence-corrected chi connectivity index (χ3v) is 4.34. The third-order valence-electron chi connectivity index (χ3n) is 2.84. The summed E-state index contributed by atoms with van der Waals surface area (Å²) in [6.45, 7) is 3.62. The van der Waals surface area contributed by atoms with Gasteiger partial charge in [-0.3, -0.25) is 4.79 Å². The molecule has 0 fully saturated rings. The van der Waals surface area contributed by atoms with Crippen molar-refractivity contribution in [3.63, 3.8) is 0 Å². The van der Waals surface area contributed by atoms with Crippen LogP contribution in [0, 0.1) is 5.92 Å². The summed E-state index contributed by atoms with van der Waals surface area (Å²) in [6.07, 6.45) is 0.182.